The van der Waals surface area contributed by atoms with Crippen molar-refractivity contribution in [1.29, 1.82) is 0 Å². The molecule has 0 aliphatic carbocycles. The van der Waals surface area contributed by atoms with Crippen molar-refractivity contribution >= 4 is 17.4 Å². The number of piperazine rings is 1. The molecule has 1 fully saturated rings. The van der Waals surface area contributed by atoms with Gasteiger partial charge in [0.25, 0.3) is 5.91 Å². The lowest BCUT2D eigenvalue weighted by Gasteiger charge is -2.33. The second-order valence-corrected chi connectivity index (χ2v) is 5.74. The van der Waals surface area contributed by atoms with E-state index in [0.717, 1.165) is 31.9 Å². The minimum Gasteiger partial charge on any atom is -0.481 e. The highest BCUT2D eigenvalue weighted by Gasteiger charge is 2.15. The quantitative estimate of drug-likeness (QED) is 0.917. The topological polar surface area (TPSA) is 70.6 Å². The average Bonchev–Trinajstić information content (AvgIpc) is 2.63. The molecule has 3 heterocycles. The Kier molecular flexibility index (Phi) is 4.90. The predicted molar refractivity (Wildman–Crippen MR) is 92.7 cm³/mol. The number of rotatable bonds is 4. The van der Waals surface area contributed by atoms with Gasteiger partial charge in [0.1, 0.15) is 5.82 Å². The number of amides is 1. The number of carbonyl (C=O) groups excluding carboxylic acids is 1. The lowest BCUT2D eigenvalue weighted by atomic mass is 10.2. The Morgan fingerprint density at radius 3 is 2.46 bits per heavy atom. The maximum Gasteiger partial charge on any atom is 0.258 e. The van der Waals surface area contributed by atoms with Crippen molar-refractivity contribution < 1.29 is 9.53 Å². The van der Waals surface area contributed by atoms with Gasteiger partial charge in [-0.05, 0) is 25.2 Å². The van der Waals surface area contributed by atoms with Crippen molar-refractivity contribution in [3.8, 4) is 5.88 Å². The Morgan fingerprint density at radius 2 is 1.88 bits per heavy atom. The number of carbonyl (C=O) groups is 1. The van der Waals surface area contributed by atoms with Gasteiger partial charge in [0.05, 0.1) is 24.6 Å². The zero-order valence-electron chi connectivity index (χ0n) is 13.9. The monoisotopic (exact) mass is 327 g/mol. The van der Waals surface area contributed by atoms with Crippen LogP contribution in [0.2, 0.25) is 0 Å². The van der Waals surface area contributed by atoms with Crippen LogP contribution in [0.3, 0.4) is 0 Å². The summed E-state index contributed by atoms with van der Waals surface area (Å²) in [4.78, 5) is 25.2. The Morgan fingerprint density at radius 1 is 1.08 bits per heavy atom. The van der Waals surface area contributed by atoms with Gasteiger partial charge in [0.15, 0.2) is 0 Å². The summed E-state index contributed by atoms with van der Waals surface area (Å²) in [6, 6.07) is 7.13. The molecule has 7 heteroatoms. The molecule has 0 radical (unpaired) electrons. The fraction of sp³-hybridized carbons (Fsp3) is 0.353. The Bertz CT molecular complexity index is 679. The molecule has 2 aromatic rings. The standard InChI is InChI=1S/C17H21N5O2/c1-21-7-9-22(10-8-21)14-4-5-15(18-12-14)20-17(23)13-3-6-16(24-2)19-11-13/h3-6,11-12H,7-10H2,1-2H3,(H,18,20,23). The number of likely N-dealkylation sites (N-methyl/N-ethyl adjacent to an activating group) is 1. The maximum atomic E-state index is 12.2. The van der Waals surface area contributed by atoms with Gasteiger partial charge >= 0.3 is 0 Å². The van der Waals surface area contributed by atoms with E-state index >= 15 is 0 Å². The zero-order valence-corrected chi connectivity index (χ0v) is 13.9. The number of nitrogens with zero attached hydrogens (tertiary/aromatic N) is 4. The first-order valence-corrected chi connectivity index (χ1v) is 7.86. The molecule has 1 aliphatic heterocycles. The Hall–Kier alpha value is -2.67. The fourth-order valence-corrected chi connectivity index (χ4v) is 2.54. The number of aromatic nitrogens is 2. The smallest absolute Gasteiger partial charge is 0.258 e. The van der Waals surface area contributed by atoms with Gasteiger partial charge in [-0.15, -0.1) is 0 Å². The molecule has 1 aliphatic rings. The largest absolute Gasteiger partial charge is 0.481 e. The van der Waals surface area contributed by atoms with E-state index in [0.29, 0.717) is 17.3 Å². The molecule has 1 N–H and O–H groups in total. The van der Waals surface area contributed by atoms with Crippen LogP contribution in [0, 0.1) is 0 Å². The third kappa shape index (κ3) is 3.80. The summed E-state index contributed by atoms with van der Waals surface area (Å²) < 4.78 is 4.98. The van der Waals surface area contributed by atoms with Crippen molar-refractivity contribution in [1.82, 2.24) is 14.9 Å². The van der Waals surface area contributed by atoms with Crippen molar-refractivity contribution in [3.63, 3.8) is 0 Å². The predicted octanol–water partition coefficient (Wildman–Crippen LogP) is 1.49. The SMILES string of the molecule is COc1ccc(C(=O)Nc2ccc(N3CCN(C)CC3)cn2)cn1. The molecule has 0 atom stereocenters. The summed E-state index contributed by atoms with van der Waals surface area (Å²) in [5.41, 5.74) is 1.54. The third-order valence-corrected chi connectivity index (χ3v) is 4.07. The highest BCUT2D eigenvalue weighted by Crippen LogP contribution is 2.17. The van der Waals surface area contributed by atoms with E-state index in [4.69, 9.17) is 4.74 Å². The summed E-state index contributed by atoms with van der Waals surface area (Å²) in [5.74, 6) is 0.750. The summed E-state index contributed by atoms with van der Waals surface area (Å²) in [5, 5.41) is 2.78. The highest BCUT2D eigenvalue weighted by molar-refractivity contribution is 6.03. The fourth-order valence-electron chi connectivity index (χ4n) is 2.54. The van der Waals surface area contributed by atoms with E-state index in [1.807, 2.05) is 12.1 Å². The molecule has 0 spiro atoms. The molecular weight excluding hydrogens is 306 g/mol. The van der Waals surface area contributed by atoms with Crippen LogP contribution < -0.4 is 15.0 Å². The minimum absolute atomic E-state index is 0.245. The summed E-state index contributed by atoms with van der Waals surface area (Å²) in [6.07, 6.45) is 3.28. The van der Waals surface area contributed by atoms with Crippen LogP contribution in [0.1, 0.15) is 10.4 Å². The number of ether oxygens (including phenoxy) is 1. The molecule has 7 nitrogen and oxygen atoms in total. The molecule has 1 saturated heterocycles. The number of pyridine rings is 2. The lowest BCUT2D eigenvalue weighted by molar-refractivity contribution is 0.102. The van der Waals surface area contributed by atoms with Crippen LogP contribution in [0.5, 0.6) is 5.88 Å². The van der Waals surface area contributed by atoms with Crippen LogP contribution in [0.4, 0.5) is 11.5 Å². The van der Waals surface area contributed by atoms with Crippen molar-refractivity contribution in [3.05, 3.63) is 42.2 Å². The van der Waals surface area contributed by atoms with E-state index in [1.54, 1.807) is 18.3 Å². The summed E-state index contributed by atoms with van der Waals surface area (Å²) >= 11 is 0. The molecule has 24 heavy (non-hydrogen) atoms. The summed E-state index contributed by atoms with van der Waals surface area (Å²) in [7, 11) is 3.66. The van der Waals surface area contributed by atoms with Gasteiger partial charge in [-0.2, -0.15) is 0 Å². The van der Waals surface area contributed by atoms with E-state index in [-0.39, 0.29) is 5.91 Å². The molecule has 1 amide bonds. The third-order valence-electron chi connectivity index (χ3n) is 4.07. The lowest BCUT2D eigenvalue weighted by Crippen LogP contribution is -2.44. The number of hydrogen-bond donors (Lipinski definition) is 1. The normalized spacial score (nSPS) is 15.2. The Balaban J connectivity index is 1.62. The van der Waals surface area contributed by atoms with E-state index in [1.165, 1.54) is 13.3 Å². The van der Waals surface area contributed by atoms with Crippen LogP contribution in [0.15, 0.2) is 36.7 Å². The van der Waals surface area contributed by atoms with E-state index < -0.39 is 0 Å². The van der Waals surface area contributed by atoms with Gasteiger partial charge in [-0.3, -0.25) is 4.79 Å². The number of anilines is 2. The average molecular weight is 327 g/mol. The first-order chi connectivity index (χ1) is 11.7. The number of hydrogen-bond acceptors (Lipinski definition) is 6. The molecule has 0 bridgehead atoms. The second kappa shape index (κ2) is 7.27. The van der Waals surface area contributed by atoms with Gasteiger partial charge in [0, 0.05) is 38.4 Å². The van der Waals surface area contributed by atoms with Gasteiger partial charge < -0.3 is 19.9 Å². The molecule has 0 unspecified atom stereocenters. The van der Waals surface area contributed by atoms with Gasteiger partial charge in [0.2, 0.25) is 5.88 Å². The molecule has 2 aromatic heterocycles. The Labute approximate surface area is 141 Å². The van der Waals surface area contributed by atoms with Gasteiger partial charge in [-0.1, -0.05) is 0 Å². The molecule has 126 valence electrons. The van der Waals surface area contributed by atoms with Crippen LogP contribution >= 0.6 is 0 Å². The number of nitrogens with one attached hydrogen (secondary N) is 1. The maximum absolute atomic E-state index is 12.2. The molecular formula is C17H21N5O2. The molecule has 3 rings (SSSR count). The molecule has 0 saturated carbocycles. The van der Waals surface area contributed by atoms with Crippen LogP contribution in [-0.2, 0) is 0 Å². The number of methoxy groups -OCH3 is 1. The van der Waals surface area contributed by atoms with Crippen molar-refractivity contribution in [2.24, 2.45) is 0 Å². The van der Waals surface area contributed by atoms with Crippen LogP contribution in [-0.4, -0.2) is 61.1 Å². The van der Waals surface area contributed by atoms with Gasteiger partial charge in [-0.25, -0.2) is 9.97 Å². The second-order valence-electron chi connectivity index (χ2n) is 5.74. The van der Waals surface area contributed by atoms with Crippen LogP contribution in [0.25, 0.3) is 0 Å². The zero-order chi connectivity index (χ0) is 16.9. The van der Waals surface area contributed by atoms with Crippen molar-refractivity contribution in [2.45, 2.75) is 0 Å². The van der Waals surface area contributed by atoms with E-state index in [2.05, 4.69) is 32.1 Å². The first-order valence-electron chi connectivity index (χ1n) is 7.86. The summed E-state index contributed by atoms with van der Waals surface area (Å²) in [6.45, 7) is 4.06. The van der Waals surface area contributed by atoms with Crippen molar-refractivity contribution in [2.75, 3.05) is 50.6 Å². The minimum atomic E-state index is -0.245. The first kappa shape index (κ1) is 16.2. The van der Waals surface area contributed by atoms with E-state index in [9.17, 15) is 4.79 Å². The highest BCUT2D eigenvalue weighted by atomic mass is 16.5. The molecule has 0 aromatic carbocycles.